The normalized spacial score (nSPS) is 12.0. The number of nitrogens with one attached hydrogen (secondary N) is 1. The van der Waals surface area contributed by atoms with E-state index in [1.807, 2.05) is 32.0 Å². The second-order valence-corrected chi connectivity index (χ2v) is 6.56. The molecule has 1 N–H and O–H groups in total. The third kappa shape index (κ3) is 4.07. The lowest BCUT2D eigenvalue weighted by molar-refractivity contribution is -0.115. The maximum Gasteiger partial charge on any atom is 0.237 e. The quantitative estimate of drug-likeness (QED) is 0.827. The van der Waals surface area contributed by atoms with Crippen LogP contribution in [0.1, 0.15) is 18.1 Å². The number of thioether (sulfide) groups is 1. The number of carbonyl (C=O) groups is 1. The Kier molecular flexibility index (Phi) is 5.19. The Morgan fingerprint density at radius 3 is 2.45 bits per heavy atom. The lowest BCUT2D eigenvalue weighted by Crippen LogP contribution is -2.22. The molecule has 0 saturated heterocycles. The summed E-state index contributed by atoms with van der Waals surface area (Å²) in [5, 5.41) is 2.43. The third-order valence-electron chi connectivity index (χ3n) is 3.21. The molecular weight excluding hydrogens is 304 g/mol. The van der Waals surface area contributed by atoms with Crippen molar-refractivity contribution in [2.24, 2.45) is 0 Å². The highest BCUT2D eigenvalue weighted by Gasteiger charge is 2.16. The van der Waals surface area contributed by atoms with E-state index in [1.54, 1.807) is 6.92 Å². The van der Waals surface area contributed by atoms with Crippen LogP contribution in [0.3, 0.4) is 0 Å². The van der Waals surface area contributed by atoms with Gasteiger partial charge >= 0.3 is 0 Å². The van der Waals surface area contributed by atoms with E-state index >= 15 is 0 Å². The molecule has 116 valence electrons. The highest BCUT2D eigenvalue weighted by atomic mass is 32.2. The first kappa shape index (κ1) is 16.5. The zero-order chi connectivity index (χ0) is 16.3. The van der Waals surface area contributed by atoms with Gasteiger partial charge in [-0.2, -0.15) is 0 Å². The van der Waals surface area contributed by atoms with Crippen molar-refractivity contribution in [2.75, 3.05) is 5.32 Å². The number of hydrogen-bond donors (Lipinski definition) is 1. The summed E-state index contributed by atoms with van der Waals surface area (Å²) in [6.45, 7) is 5.64. The molecule has 5 heteroatoms. The number of carbonyl (C=O) groups excluding carboxylic acids is 1. The molecule has 0 heterocycles. The topological polar surface area (TPSA) is 29.1 Å². The molecule has 0 aliphatic rings. The minimum atomic E-state index is -0.910. The molecule has 2 aromatic carbocycles. The van der Waals surface area contributed by atoms with Gasteiger partial charge in [0.15, 0.2) is 11.6 Å². The van der Waals surface area contributed by atoms with Gasteiger partial charge in [-0.15, -0.1) is 11.8 Å². The summed E-state index contributed by atoms with van der Waals surface area (Å²) in [6.07, 6.45) is 0. The minimum absolute atomic E-state index is 0.179. The molecule has 1 atom stereocenters. The van der Waals surface area contributed by atoms with Gasteiger partial charge in [-0.1, -0.05) is 17.7 Å². The molecule has 0 aromatic heterocycles. The van der Waals surface area contributed by atoms with Crippen molar-refractivity contribution < 1.29 is 13.6 Å². The second-order valence-electron chi connectivity index (χ2n) is 5.14. The zero-order valence-corrected chi connectivity index (χ0v) is 13.4. The number of anilines is 1. The van der Waals surface area contributed by atoms with Crippen LogP contribution in [-0.2, 0) is 4.79 Å². The van der Waals surface area contributed by atoms with Crippen LogP contribution < -0.4 is 5.32 Å². The molecule has 0 aliphatic heterocycles. The monoisotopic (exact) mass is 321 g/mol. The van der Waals surface area contributed by atoms with Crippen LogP contribution in [0.15, 0.2) is 41.3 Å². The van der Waals surface area contributed by atoms with Crippen LogP contribution in [0, 0.1) is 25.5 Å². The van der Waals surface area contributed by atoms with Crippen molar-refractivity contribution in [3.05, 3.63) is 59.2 Å². The molecule has 2 aromatic rings. The minimum Gasteiger partial charge on any atom is -0.325 e. The van der Waals surface area contributed by atoms with E-state index in [0.717, 1.165) is 28.9 Å². The van der Waals surface area contributed by atoms with Crippen molar-refractivity contribution in [1.29, 1.82) is 0 Å². The number of halogens is 2. The van der Waals surface area contributed by atoms with Crippen molar-refractivity contribution in [2.45, 2.75) is 30.9 Å². The maximum absolute atomic E-state index is 13.2. The first-order chi connectivity index (χ1) is 10.4. The average molecular weight is 321 g/mol. The number of rotatable bonds is 4. The van der Waals surface area contributed by atoms with E-state index < -0.39 is 16.9 Å². The molecule has 22 heavy (non-hydrogen) atoms. The predicted octanol–water partition coefficient (Wildman–Crippen LogP) is 4.70. The Morgan fingerprint density at radius 1 is 1.09 bits per heavy atom. The summed E-state index contributed by atoms with van der Waals surface area (Å²) in [5.41, 5.74) is 2.87. The predicted molar refractivity (Wildman–Crippen MR) is 86.2 cm³/mol. The Hall–Kier alpha value is -1.88. The Labute approximate surface area is 132 Å². The molecule has 2 rings (SSSR count). The smallest absolute Gasteiger partial charge is 0.237 e. The van der Waals surface area contributed by atoms with Crippen LogP contribution >= 0.6 is 11.8 Å². The van der Waals surface area contributed by atoms with Gasteiger partial charge in [0.1, 0.15) is 0 Å². The summed E-state index contributed by atoms with van der Waals surface area (Å²) in [7, 11) is 0. The molecule has 0 aliphatic carbocycles. The standard InChI is InChI=1S/C17H17F2NOS/c1-10-4-7-16(11(2)8-10)20-17(21)12(3)22-13-5-6-14(18)15(19)9-13/h4-9,12H,1-3H3,(H,20,21). The third-order valence-corrected chi connectivity index (χ3v) is 4.31. The van der Waals surface area contributed by atoms with E-state index in [4.69, 9.17) is 0 Å². The van der Waals surface area contributed by atoms with Gasteiger partial charge in [0.2, 0.25) is 5.91 Å². The van der Waals surface area contributed by atoms with Crippen molar-refractivity contribution in [3.63, 3.8) is 0 Å². The molecule has 2 nitrogen and oxygen atoms in total. The van der Waals surface area contributed by atoms with E-state index in [2.05, 4.69) is 5.32 Å². The van der Waals surface area contributed by atoms with Crippen LogP contribution in [0.25, 0.3) is 0 Å². The highest BCUT2D eigenvalue weighted by Crippen LogP contribution is 2.26. The Bertz CT molecular complexity index is 703. The van der Waals surface area contributed by atoms with E-state index in [1.165, 1.54) is 17.8 Å². The Balaban J connectivity index is 2.04. The lowest BCUT2D eigenvalue weighted by atomic mass is 10.1. The molecular formula is C17H17F2NOS. The largest absolute Gasteiger partial charge is 0.325 e. The lowest BCUT2D eigenvalue weighted by Gasteiger charge is -2.14. The molecule has 0 bridgehead atoms. The fourth-order valence-corrected chi connectivity index (χ4v) is 2.89. The molecule has 0 spiro atoms. The summed E-state index contributed by atoms with van der Waals surface area (Å²) >= 11 is 1.18. The summed E-state index contributed by atoms with van der Waals surface area (Å²) in [4.78, 5) is 12.7. The first-order valence-corrected chi connectivity index (χ1v) is 7.74. The molecule has 1 amide bonds. The van der Waals surface area contributed by atoms with E-state index in [0.29, 0.717) is 4.90 Å². The van der Waals surface area contributed by atoms with Crippen LogP contribution in [0.5, 0.6) is 0 Å². The van der Waals surface area contributed by atoms with Gasteiger partial charge in [-0.25, -0.2) is 8.78 Å². The molecule has 0 radical (unpaired) electrons. The SMILES string of the molecule is Cc1ccc(NC(=O)C(C)Sc2ccc(F)c(F)c2)c(C)c1. The molecule has 0 fully saturated rings. The summed E-state index contributed by atoms with van der Waals surface area (Å²) in [6, 6.07) is 9.40. The van der Waals surface area contributed by atoms with Crippen LogP contribution in [-0.4, -0.2) is 11.2 Å². The number of hydrogen-bond acceptors (Lipinski definition) is 2. The Morgan fingerprint density at radius 2 is 1.82 bits per heavy atom. The average Bonchev–Trinajstić information content (AvgIpc) is 2.45. The zero-order valence-electron chi connectivity index (χ0n) is 12.6. The van der Waals surface area contributed by atoms with Gasteiger partial charge in [0, 0.05) is 10.6 Å². The van der Waals surface area contributed by atoms with Crippen molar-refractivity contribution >= 4 is 23.4 Å². The van der Waals surface area contributed by atoms with Crippen LogP contribution in [0.4, 0.5) is 14.5 Å². The van der Waals surface area contributed by atoms with Crippen molar-refractivity contribution in [3.8, 4) is 0 Å². The first-order valence-electron chi connectivity index (χ1n) is 6.86. The summed E-state index contributed by atoms with van der Waals surface area (Å²) in [5.74, 6) is -1.98. The fourth-order valence-electron chi connectivity index (χ4n) is 2.00. The highest BCUT2D eigenvalue weighted by molar-refractivity contribution is 8.00. The van der Waals surface area contributed by atoms with Crippen LogP contribution in [0.2, 0.25) is 0 Å². The van der Waals surface area contributed by atoms with Crippen molar-refractivity contribution in [1.82, 2.24) is 0 Å². The van der Waals surface area contributed by atoms with Gasteiger partial charge in [0.25, 0.3) is 0 Å². The van der Waals surface area contributed by atoms with Gasteiger partial charge in [-0.3, -0.25) is 4.79 Å². The van der Waals surface area contributed by atoms with E-state index in [-0.39, 0.29) is 5.91 Å². The van der Waals surface area contributed by atoms with Gasteiger partial charge in [-0.05, 0) is 50.6 Å². The van der Waals surface area contributed by atoms with E-state index in [9.17, 15) is 13.6 Å². The second kappa shape index (κ2) is 6.92. The summed E-state index contributed by atoms with van der Waals surface area (Å²) < 4.78 is 26.1. The maximum atomic E-state index is 13.2. The molecule has 1 unspecified atom stereocenters. The molecule has 0 saturated carbocycles. The van der Waals surface area contributed by atoms with Gasteiger partial charge < -0.3 is 5.32 Å². The number of benzene rings is 2. The van der Waals surface area contributed by atoms with Gasteiger partial charge in [0.05, 0.1) is 5.25 Å². The number of amides is 1. The number of aryl methyl sites for hydroxylation is 2. The fraction of sp³-hybridized carbons (Fsp3) is 0.235.